The van der Waals surface area contributed by atoms with Crippen molar-refractivity contribution in [2.75, 3.05) is 5.88 Å². The lowest BCUT2D eigenvalue weighted by molar-refractivity contribution is -0.117. The van der Waals surface area contributed by atoms with Gasteiger partial charge in [-0.1, -0.05) is 0 Å². The van der Waals surface area contributed by atoms with Crippen molar-refractivity contribution in [1.29, 1.82) is 0 Å². The predicted molar refractivity (Wildman–Crippen MR) is 61.4 cm³/mol. The minimum absolute atomic E-state index is 0.0334. The normalized spacial score (nSPS) is 18.5. The minimum atomic E-state index is -0.195. The first kappa shape index (κ1) is 10.4. The number of allylic oxidation sites excluding steroid dienone is 2. The summed E-state index contributed by atoms with van der Waals surface area (Å²) in [6.07, 6.45) is 5.74. The van der Waals surface area contributed by atoms with Crippen LogP contribution >= 0.6 is 23.7 Å². The predicted octanol–water partition coefficient (Wildman–Crippen LogP) is 1.45. The van der Waals surface area contributed by atoms with E-state index in [1.807, 2.05) is 29.7 Å². The van der Waals surface area contributed by atoms with Crippen LogP contribution in [-0.2, 0) is 4.79 Å². The van der Waals surface area contributed by atoms with Crippen molar-refractivity contribution in [1.82, 2.24) is 14.3 Å². The number of hydrogen-bond acceptors (Lipinski definition) is 4. The number of carbonyl (C=O) groups excluding carboxylic acids is 1. The summed E-state index contributed by atoms with van der Waals surface area (Å²) in [7, 11) is 0. The fraction of sp³-hybridized carbons (Fsp3) is 0.222. The molecular formula is C9H10ClN3OS. The molecule has 0 unspecified atom stereocenters. The molecule has 15 heavy (non-hydrogen) atoms. The van der Waals surface area contributed by atoms with E-state index in [1.165, 1.54) is 12.1 Å². The molecule has 0 fully saturated rings. The number of halogens is 1. The maximum atomic E-state index is 11.2. The van der Waals surface area contributed by atoms with Crippen LogP contribution in [0.5, 0.6) is 0 Å². The van der Waals surface area contributed by atoms with Gasteiger partial charge in [-0.2, -0.15) is 0 Å². The van der Waals surface area contributed by atoms with Crippen LogP contribution in [0.3, 0.4) is 0 Å². The highest BCUT2D eigenvalue weighted by Crippen LogP contribution is 2.31. The summed E-state index contributed by atoms with van der Waals surface area (Å²) in [6.45, 7) is 1.95. The Labute approximate surface area is 97.3 Å². The van der Waals surface area contributed by atoms with E-state index >= 15 is 0 Å². The fourth-order valence-electron chi connectivity index (χ4n) is 1.35. The average molecular weight is 244 g/mol. The second kappa shape index (κ2) is 4.20. The molecule has 0 aliphatic carbocycles. The Balaban J connectivity index is 2.26. The summed E-state index contributed by atoms with van der Waals surface area (Å²) in [5.41, 5.74) is 2.76. The van der Waals surface area contributed by atoms with Crippen LogP contribution < -0.4 is 10.0 Å². The van der Waals surface area contributed by atoms with Gasteiger partial charge in [-0.25, -0.2) is 0 Å². The van der Waals surface area contributed by atoms with Crippen LogP contribution in [0.1, 0.15) is 6.92 Å². The Morgan fingerprint density at radius 3 is 3.27 bits per heavy atom. The molecule has 2 aliphatic heterocycles. The molecule has 2 rings (SSSR count). The van der Waals surface area contributed by atoms with Gasteiger partial charge in [0.15, 0.2) is 0 Å². The monoisotopic (exact) mass is 243 g/mol. The number of fused-ring (bicyclic) bond motifs is 1. The summed E-state index contributed by atoms with van der Waals surface area (Å²) >= 11 is 6.91. The maximum absolute atomic E-state index is 11.2. The van der Waals surface area contributed by atoms with Crippen LogP contribution in [0.4, 0.5) is 0 Å². The van der Waals surface area contributed by atoms with E-state index in [2.05, 4.69) is 10.0 Å². The van der Waals surface area contributed by atoms with Gasteiger partial charge >= 0.3 is 0 Å². The summed E-state index contributed by atoms with van der Waals surface area (Å²) in [4.78, 5) is 11.2. The summed E-state index contributed by atoms with van der Waals surface area (Å²) in [6, 6.07) is 0. The number of carbonyl (C=O) groups is 1. The van der Waals surface area contributed by atoms with Crippen LogP contribution in [0.15, 0.2) is 35.4 Å². The highest BCUT2D eigenvalue weighted by atomic mass is 35.5. The van der Waals surface area contributed by atoms with Crippen LogP contribution in [0.2, 0.25) is 0 Å². The molecule has 0 spiro atoms. The minimum Gasteiger partial charge on any atom is -0.323 e. The zero-order valence-corrected chi connectivity index (χ0v) is 9.65. The first-order chi connectivity index (χ1) is 7.22. The van der Waals surface area contributed by atoms with E-state index in [1.54, 1.807) is 0 Å². The molecule has 1 amide bonds. The molecule has 0 saturated heterocycles. The third-order valence-corrected chi connectivity index (χ3v) is 3.06. The number of hydrogen-bond donors (Lipinski definition) is 2. The summed E-state index contributed by atoms with van der Waals surface area (Å²) < 4.78 is 4.96. The number of nitrogens with one attached hydrogen (secondary N) is 2. The van der Waals surface area contributed by atoms with Gasteiger partial charge in [0.05, 0.1) is 23.5 Å². The van der Waals surface area contributed by atoms with Crippen LogP contribution in [0.25, 0.3) is 0 Å². The highest BCUT2D eigenvalue weighted by Gasteiger charge is 2.23. The third kappa shape index (κ3) is 1.98. The van der Waals surface area contributed by atoms with Crippen molar-refractivity contribution in [3.05, 3.63) is 35.4 Å². The van der Waals surface area contributed by atoms with E-state index in [0.29, 0.717) is 0 Å². The average Bonchev–Trinajstić information content (AvgIpc) is 2.70. The molecule has 80 valence electrons. The van der Waals surface area contributed by atoms with Crippen molar-refractivity contribution in [2.45, 2.75) is 6.92 Å². The summed E-state index contributed by atoms with van der Waals surface area (Å²) in [5.74, 6) is -0.229. The molecule has 4 nitrogen and oxygen atoms in total. The van der Waals surface area contributed by atoms with Crippen molar-refractivity contribution < 1.29 is 4.79 Å². The Bertz CT molecular complexity index is 389. The Hall–Kier alpha value is -1.07. The quantitative estimate of drug-likeness (QED) is 0.569. The van der Waals surface area contributed by atoms with Crippen molar-refractivity contribution in [3.63, 3.8) is 0 Å². The van der Waals surface area contributed by atoms with Gasteiger partial charge < -0.3 is 10.0 Å². The standard InChI is InChI=1S/C9H10ClN3OS/c1-6-2-3-13-7(5-11-15-13)9(6)12-8(14)4-10/h2-3,5,11H,4H2,1H3,(H,12,14). The van der Waals surface area contributed by atoms with Crippen LogP contribution in [0, 0.1) is 0 Å². The first-order valence-corrected chi connectivity index (χ1v) is 5.70. The smallest absolute Gasteiger partial charge is 0.239 e. The molecule has 0 aromatic rings. The number of amides is 1. The van der Waals surface area contributed by atoms with Crippen molar-refractivity contribution >= 4 is 29.6 Å². The molecule has 0 aromatic heterocycles. The van der Waals surface area contributed by atoms with Gasteiger partial charge in [0.2, 0.25) is 5.91 Å². The molecule has 0 bridgehead atoms. The van der Waals surface area contributed by atoms with E-state index in [0.717, 1.165) is 17.0 Å². The topological polar surface area (TPSA) is 44.4 Å². The van der Waals surface area contributed by atoms with Crippen molar-refractivity contribution in [3.8, 4) is 0 Å². The van der Waals surface area contributed by atoms with Gasteiger partial charge in [-0.05, 0) is 18.6 Å². The largest absolute Gasteiger partial charge is 0.323 e. The van der Waals surface area contributed by atoms with E-state index in [4.69, 9.17) is 11.6 Å². The van der Waals surface area contributed by atoms with Gasteiger partial charge in [-0.15, -0.1) is 11.6 Å². The molecule has 0 saturated carbocycles. The first-order valence-electron chi connectivity index (χ1n) is 4.39. The SMILES string of the molecule is CC1=C(NC(=O)CCl)C2=CNSN2C=C1. The van der Waals surface area contributed by atoms with Crippen LogP contribution in [-0.4, -0.2) is 16.1 Å². The molecular weight excluding hydrogens is 234 g/mol. The van der Waals surface area contributed by atoms with Gasteiger partial charge in [0, 0.05) is 12.4 Å². The Kier molecular flexibility index (Phi) is 2.93. The van der Waals surface area contributed by atoms with E-state index in [-0.39, 0.29) is 11.8 Å². The lowest BCUT2D eigenvalue weighted by Gasteiger charge is -2.22. The van der Waals surface area contributed by atoms with Gasteiger partial charge in [0.25, 0.3) is 0 Å². The molecule has 2 aliphatic rings. The molecule has 0 aromatic carbocycles. The van der Waals surface area contributed by atoms with Crippen molar-refractivity contribution in [2.24, 2.45) is 0 Å². The molecule has 2 heterocycles. The zero-order valence-electron chi connectivity index (χ0n) is 8.08. The number of alkyl halides is 1. The second-order valence-electron chi connectivity index (χ2n) is 3.12. The third-order valence-electron chi connectivity index (χ3n) is 2.08. The maximum Gasteiger partial charge on any atom is 0.239 e. The lowest BCUT2D eigenvalue weighted by atomic mass is 10.1. The Morgan fingerprint density at radius 2 is 2.53 bits per heavy atom. The summed E-state index contributed by atoms with van der Waals surface area (Å²) in [5, 5.41) is 2.78. The Morgan fingerprint density at radius 1 is 1.73 bits per heavy atom. The molecule has 2 N–H and O–H groups in total. The number of nitrogens with zero attached hydrogens (tertiary/aromatic N) is 1. The molecule has 6 heteroatoms. The molecule has 0 radical (unpaired) electrons. The zero-order chi connectivity index (χ0) is 10.8. The lowest BCUT2D eigenvalue weighted by Crippen LogP contribution is -2.29. The van der Waals surface area contributed by atoms with Gasteiger partial charge in [0.1, 0.15) is 5.88 Å². The number of rotatable bonds is 2. The fourth-order valence-corrected chi connectivity index (χ4v) is 2.05. The van der Waals surface area contributed by atoms with E-state index < -0.39 is 0 Å². The highest BCUT2D eigenvalue weighted by molar-refractivity contribution is 7.95. The van der Waals surface area contributed by atoms with Gasteiger partial charge in [-0.3, -0.25) is 9.10 Å². The molecule has 0 atom stereocenters. The van der Waals surface area contributed by atoms with E-state index in [9.17, 15) is 4.79 Å². The second-order valence-corrected chi connectivity index (χ2v) is 4.20.